The number of Topliss-reactive ketones (excluding diaryl/α,β-unsaturated/α-hetero) is 1. The van der Waals surface area contributed by atoms with E-state index in [9.17, 15) is 4.79 Å². The molecule has 8 heteroatoms. The number of nitrogens with zero attached hydrogens (tertiary/aromatic N) is 5. The molecule has 2 saturated heterocycles. The van der Waals surface area contributed by atoms with Gasteiger partial charge in [0.25, 0.3) is 0 Å². The van der Waals surface area contributed by atoms with E-state index < -0.39 is 0 Å². The van der Waals surface area contributed by atoms with Gasteiger partial charge in [0.05, 0.1) is 19.2 Å². The molecule has 3 heterocycles. The smallest absolute Gasteiger partial charge is 0.160 e. The molecular formula is C36H51N7O. The van der Waals surface area contributed by atoms with Crippen molar-refractivity contribution in [1.82, 2.24) is 20.1 Å². The van der Waals surface area contributed by atoms with Gasteiger partial charge in [0, 0.05) is 75.0 Å². The number of anilines is 2. The summed E-state index contributed by atoms with van der Waals surface area (Å²) in [7, 11) is 1.79. The van der Waals surface area contributed by atoms with Crippen LogP contribution in [0, 0.1) is 11.3 Å². The van der Waals surface area contributed by atoms with Crippen LogP contribution in [0.25, 0.3) is 5.70 Å². The van der Waals surface area contributed by atoms with Crippen LogP contribution in [0.15, 0.2) is 91.3 Å². The Morgan fingerprint density at radius 1 is 1.02 bits per heavy atom. The zero-order valence-electron chi connectivity index (χ0n) is 27.1. The lowest BCUT2D eigenvalue weighted by molar-refractivity contribution is -0.119. The summed E-state index contributed by atoms with van der Waals surface area (Å²) in [5, 5.41) is 15.1. The third-order valence-corrected chi connectivity index (χ3v) is 7.18. The Morgan fingerprint density at radius 3 is 2.32 bits per heavy atom. The second kappa shape index (κ2) is 21.5. The number of carbonyl (C=O) groups excluding carboxylic acids is 1. The fourth-order valence-electron chi connectivity index (χ4n) is 4.94. The van der Waals surface area contributed by atoms with E-state index in [2.05, 4.69) is 73.3 Å². The quantitative estimate of drug-likeness (QED) is 0.224. The first-order chi connectivity index (χ1) is 21.5. The molecule has 0 spiro atoms. The number of pyridine rings is 1. The first-order valence-electron chi connectivity index (χ1n) is 15.8. The second-order valence-corrected chi connectivity index (χ2v) is 10.3. The van der Waals surface area contributed by atoms with Gasteiger partial charge in [-0.15, -0.1) is 0 Å². The van der Waals surface area contributed by atoms with Gasteiger partial charge in [-0.3, -0.25) is 9.69 Å². The van der Waals surface area contributed by atoms with E-state index in [1.54, 1.807) is 19.3 Å². The first kappa shape index (κ1) is 36.0. The van der Waals surface area contributed by atoms with Crippen molar-refractivity contribution in [2.75, 3.05) is 69.6 Å². The van der Waals surface area contributed by atoms with Crippen molar-refractivity contribution in [3.8, 4) is 6.07 Å². The summed E-state index contributed by atoms with van der Waals surface area (Å²) in [5.41, 5.74) is 4.32. The van der Waals surface area contributed by atoms with Crippen LogP contribution in [0.1, 0.15) is 45.6 Å². The molecule has 1 aromatic heterocycles. The Labute approximate surface area is 265 Å². The van der Waals surface area contributed by atoms with Crippen LogP contribution in [-0.4, -0.2) is 80.0 Å². The Morgan fingerprint density at radius 2 is 1.73 bits per heavy atom. The molecule has 0 atom stereocenters. The number of likely N-dealkylation sites (N-methyl/N-ethyl adjacent to an activating group) is 1. The highest BCUT2D eigenvalue weighted by Gasteiger charge is 2.19. The fourth-order valence-corrected chi connectivity index (χ4v) is 4.94. The minimum absolute atomic E-state index is 0.220. The van der Waals surface area contributed by atoms with Crippen LogP contribution in [0.2, 0.25) is 0 Å². The van der Waals surface area contributed by atoms with E-state index in [0.29, 0.717) is 13.1 Å². The van der Waals surface area contributed by atoms with Gasteiger partial charge in [-0.1, -0.05) is 62.9 Å². The average molecular weight is 598 g/mol. The van der Waals surface area contributed by atoms with E-state index >= 15 is 0 Å². The van der Waals surface area contributed by atoms with Crippen LogP contribution >= 0.6 is 0 Å². The number of allylic oxidation sites excluding steroid dienone is 5. The lowest BCUT2D eigenvalue weighted by Crippen LogP contribution is -2.48. The van der Waals surface area contributed by atoms with Gasteiger partial charge in [0.2, 0.25) is 0 Å². The number of benzene rings is 1. The van der Waals surface area contributed by atoms with Crippen molar-refractivity contribution in [2.24, 2.45) is 0 Å². The third kappa shape index (κ3) is 13.0. The third-order valence-electron chi connectivity index (χ3n) is 7.18. The highest BCUT2D eigenvalue weighted by Crippen LogP contribution is 2.23. The van der Waals surface area contributed by atoms with Gasteiger partial charge in [0.15, 0.2) is 5.78 Å². The predicted molar refractivity (Wildman–Crippen MR) is 185 cm³/mol. The number of hydrogen-bond donors (Lipinski definition) is 2. The Bertz CT molecular complexity index is 1230. The molecule has 0 bridgehead atoms. The van der Waals surface area contributed by atoms with E-state index in [-0.39, 0.29) is 5.78 Å². The van der Waals surface area contributed by atoms with Crippen LogP contribution in [-0.2, 0) is 4.79 Å². The van der Waals surface area contributed by atoms with Crippen molar-refractivity contribution < 1.29 is 4.79 Å². The highest BCUT2D eigenvalue weighted by atomic mass is 16.1. The molecule has 2 fully saturated rings. The molecule has 236 valence electrons. The fraction of sp³-hybridized carbons (Fsp3) is 0.417. The molecular weight excluding hydrogens is 546 g/mol. The van der Waals surface area contributed by atoms with Crippen LogP contribution < -0.4 is 15.5 Å². The molecule has 2 N–H and O–H groups in total. The number of nitrogens with one attached hydrogen (secondary N) is 2. The molecule has 0 amide bonds. The summed E-state index contributed by atoms with van der Waals surface area (Å²) in [5.74, 6) is 1.04. The molecule has 2 aliphatic rings. The second-order valence-electron chi connectivity index (χ2n) is 10.3. The standard InChI is InChI=1S/C17H26N4O.C17H19N3.C2H6/c1-3-4-5-6-7-16(8-9-18)21-12-10-20(11-13-21)15-17(22)14-19-2;1-14(19-17-6-2-3-11-18-17)15-7-9-16(10-8-15)20-12-4-5-13-20;1-2/h3-6,8,19H,7,10-15H2,1-2H3;2-3,6-11H,1,4-5,12-13H2,(H,18,19);1-2H3/b4-3-,6-5?,16-8-;;. The molecule has 2 aliphatic heterocycles. The number of hydrogen-bond acceptors (Lipinski definition) is 8. The van der Waals surface area contributed by atoms with Gasteiger partial charge in [-0.05, 0) is 56.6 Å². The van der Waals surface area contributed by atoms with Gasteiger partial charge in [-0.25, -0.2) is 4.98 Å². The highest BCUT2D eigenvalue weighted by molar-refractivity contribution is 5.82. The summed E-state index contributed by atoms with van der Waals surface area (Å²) in [6.45, 7) is 16.8. The summed E-state index contributed by atoms with van der Waals surface area (Å²) in [6, 6.07) is 16.5. The van der Waals surface area contributed by atoms with Crippen LogP contribution in [0.5, 0.6) is 0 Å². The SMILES string of the molecule is C/C=C\C=CC/C(=C/C#N)N1CCN(CC(=O)CNC)CC1.C=C(Nc1ccccn1)c1ccc(N2CCCC2)cc1.CC. The topological polar surface area (TPSA) is 87.5 Å². The number of rotatable bonds is 12. The minimum atomic E-state index is 0.220. The molecule has 44 heavy (non-hydrogen) atoms. The Balaban J connectivity index is 0.000000291. The summed E-state index contributed by atoms with van der Waals surface area (Å²) >= 11 is 0. The number of carbonyl (C=O) groups is 1. The zero-order valence-corrected chi connectivity index (χ0v) is 27.1. The molecule has 1 aromatic carbocycles. The first-order valence-corrected chi connectivity index (χ1v) is 15.8. The molecule has 0 radical (unpaired) electrons. The summed E-state index contributed by atoms with van der Waals surface area (Å²) in [6.07, 6.45) is 14.8. The number of piperazine rings is 1. The van der Waals surface area contributed by atoms with Crippen molar-refractivity contribution in [3.05, 3.63) is 96.9 Å². The van der Waals surface area contributed by atoms with E-state index in [1.807, 2.05) is 57.2 Å². The number of aromatic nitrogens is 1. The van der Waals surface area contributed by atoms with Crippen molar-refractivity contribution in [2.45, 2.75) is 40.0 Å². The lowest BCUT2D eigenvalue weighted by atomic mass is 10.1. The maximum Gasteiger partial charge on any atom is 0.160 e. The summed E-state index contributed by atoms with van der Waals surface area (Å²) in [4.78, 5) is 22.7. The van der Waals surface area contributed by atoms with E-state index in [1.165, 1.54) is 31.6 Å². The molecule has 0 saturated carbocycles. The minimum Gasteiger partial charge on any atom is -0.372 e. The average Bonchev–Trinajstić information content (AvgIpc) is 3.60. The predicted octanol–water partition coefficient (Wildman–Crippen LogP) is 6.11. The van der Waals surface area contributed by atoms with Gasteiger partial charge in [0.1, 0.15) is 5.82 Å². The normalized spacial score (nSPS) is 15.3. The Kier molecular flexibility index (Phi) is 17.6. The van der Waals surface area contributed by atoms with E-state index in [4.69, 9.17) is 5.26 Å². The maximum atomic E-state index is 11.6. The molecule has 0 aliphatic carbocycles. The molecule has 8 nitrogen and oxygen atoms in total. The van der Waals surface area contributed by atoms with Crippen molar-refractivity contribution in [1.29, 1.82) is 5.26 Å². The monoisotopic (exact) mass is 597 g/mol. The maximum absolute atomic E-state index is 11.6. The van der Waals surface area contributed by atoms with Gasteiger partial charge >= 0.3 is 0 Å². The number of nitriles is 1. The molecule has 2 aromatic rings. The van der Waals surface area contributed by atoms with Crippen LogP contribution in [0.4, 0.5) is 11.5 Å². The Hall–Kier alpha value is -4.19. The van der Waals surface area contributed by atoms with Gasteiger partial charge in [-0.2, -0.15) is 5.26 Å². The van der Waals surface area contributed by atoms with Crippen molar-refractivity contribution in [3.63, 3.8) is 0 Å². The largest absolute Gasteiger partial charge is 0.372 e. The van der Waals surface area contributed by atoms with Crippen molar-refractivity contribution >= 4 is 23.0 Å². The molecule has 4 rings (SSSR count). The zero-order chi connectivity index (χ0) is 32.0. The van der Waals surface area contributed by atoms with E-state index in [0.717, 1.165) is 55.4 Å². The lowest BCUT2D eigenvalue weighted by Gasteiger charge is -2.36. The van der Waals surface area contributed by atoms with Gasteiger partial charge < -0.3 is 20.4 Å². The summed E-state index contributed by atoms with van der Waals surface area (Å²) < 4.78 is 0. The number of ketones is 1. The van der Waals surface area contributed by atoms with Crippen LogP contribution in [0.3, 0.4) is 0 Å². The molecule has 0 unspecified atom stereocenters.